The first-order valence-corrected chi connectivity index (χ1v) is 8.28. The van der Waals surface area contributed by atoms with Gasteiger partial charge in [0.2, 0.25) is 0 Å². The first-order chi connectivity index (χ1) is 10.2. The van der Waals surface area contributed by atoms with Crippen LogP contribution < -0.4 is 5.32 Å². The zero-order chi connectivity index (χ0) is 14.8. The minimum absolute atomic E-state index is 0.978. The number of hydrogen-bond donors (Lipinski definition) is 1. The lowest BCUT2D eigenvalue weighted by atomic mass is 10.0. The number of hydrogen-bond acceptors (Lipinski definition) is 3. The van der Waals surface area contributed by atoms with E-state index < -0.39 is 0 Å². The molecule has 2 aromatic carbocycles. The summed E-state index contributed by atoms with van der Waals surface area (Å²) in [6, 6.07) is 13.0. The SMILES string of the molecule is CCc1cccc(CC)c1Nc1nc2cc(C)ccc2s1. The van der Waals surface area contributed by atoms with Gasteiger partial charge in [0.15, 0.2) is 5.13 Å². The van der Waals surface area contributed by atoms with Crippen LogP contribution in [0.15, 0.2) is 36.4 Å². The maximum atomic E-state index is 4.73. The molecule has 0 atom stereocenters. The molecule has 0 aliphatic carbocycles. The molecule has 0 aliphatic rings. The van der Waals surface area contributed by atoms with E-state index in [1.165, 1.54) is 27.1 Å². The van der Waals surface area contributed by atoms with E-state index in [4.69, 9.17) is 4.98 Å². The molecule has 3 rings (SSSR count). The van der Waals surface area contributed by atoms with Crippen LogP contribution in [0.1, 0.15) is 30.5 Å². The van der Waals surface area contributed by atoms with Gasteiger partial charge in [0, 0.05) is 5.69 Å². The maximum Gasteiger partial charge on any atom is 0.188 e. The average molecular weight is 296 g/mol. The number of aromatic nitrogens is 1. The van der Waals surface area contributed by atoms with Crippen LogP contribution in [0, 0.1) is 6.92 Å². The zero-order valence-electron chi connectivity index (χ0n) is 12.7. The van der Waals surface area contributed by atoms with Gasteiger partial charge in [-0.05, 0) is 48.6 Å². The van der Waals surface area contributed by atoms with E-state index >= 15 is 0 Å². The lowest BCUT2D eigenvalue weighted by Crippen LogP contribution is -1.99. The molecule has 0 unspecified atom stereocenters. The van der Waals surface area contributed by atoms with E-state index in [1.807, 2.05) is 0 Å². The number of rotatable bonds is 4. The Morgan fingerprint density at radius 1 is 1.05 bits per heavy atom. The van der Waals surface area contributed by atoms with Gasteiger partial charge in [0.1, 0.15) is 0 Å². The highest BCUT2D eigenvalue weighted by atomic mass is 32.1. The van der Waals surface area contributed by atoms with Crippen molar-refractivity contribution in [2.45, 2.75) is 33.6 Å². The number of thiazole rings is 1. The van der Waals surface area contributed by atoms with Gasteiger partial charge in [-0.1, -0.05) is 49.4 Å². The summed E-state index contributed by atoms with van der Waals surface area (Å²) >= 11 is 1.72. The second kappa shape index (κ2) is 5.86. The van der Waals surface area contributed by atoms with Crippen molar-refractivity contribution in [1.82, 2.24) is 4.98 Å². The molecule has 0 saturated heterocycles. The van der Waals surface area contributed by atoms with Gasteiger partial charge in [-0.15, -0.1) is 0 Å². The summed E-state index contributed by atoms with van der Waals surface area (Å²) in [5, 5.41) is 4.54. The van der Waals surface area contributed by atoms with Crippen molar-refractivity contribution in [3.8, 4) is 0 Å². The molecule has 2 nitrogen and oxygen atoms in total. The Morgan fingerprint density at radius 3 is 2.43 bits per heavy atom. The molecule has 0 saturated carbocycles. The van der Waals surface area contributed by atoms with Crippen molar-refractivity contribution in [1.29, 1.82) is 0 Å². The molecule has 21 heavy (non-hydrogen) atoms. The van der Waals surface area contributed by atoms with Crippen molar-refractivity contribution >= 4 is 32.4 Å². The number of anilines is 2. The van der Waals surface area contributed by atoms with Gasteiger partial charge >= 0.3 is 0 Å². The summed E-state index contributed by atoms with van der Waals surface area (Å²) in [6.07, 6.45) is 2.06. The van der Waals surface area contributed by atoms with Crippen molar-refractivity contribution < 1.29 is 0 Å². The third kappa shape index (κ3) is 2.79. The van der Waals surface area contributed by atoms with Crippen molar-refractivity contribution in [3.05, 3.63) is 53.1 Å². The standard InChI is InChI=1S/C18H20N2S/c1-4-13-7-6-8-14(5-2)17(13)20-18-19-15-11-12(3)9-10-16(15)21-18/h6-11H,4-5H2,1-3H3,(H,19,20). The van der Waals surface area contributed by atoms with Crippen molar-refractivity contribution in [3.63, 3.8) is 0 Å². The first-order valence-electron chi connectivity index (χ1n) is 7.46. The molecule has 1 heterocycles. The van der Waals surface area contributed by atoms with E-state index in [9.17, 15) is 0 Å². The lowest BCUT2D eigenvalue weighted by molar-refractivity contribution is 1.09. The van der Waals surface area contributed by atoms with Crippen LogP contribution in [0.5, 0.6) is 0 Å². The van der Waals surface area contributed by atoms with Gasteiger partial charge < -0.3 is 5.32 Å². The van der Waals surface area contributed by atoms with Crippen LogP contribution in [0.3, 0.4) is 0 Å². The second-order valence-electron chi connectivity index (χ2n) is 5.27. The van der Waals surface area contributed by atoms with Crippen molar-refractivity contribution in [2.24, 2.45) is 0 Å². The summed E-state index contributed by atoms with van der Waals surface area (Å²) in [7, 11) is 0. The smallest absolute Gasteiger partial charge is 0.188 e. The Labute approximate surface area is 129 Å². The largest absolute Gasteiger partial charge is 0.331 e. The van der Waals surface area contributed by atoms with E-state index in [0.717, 1.165) is 23.5 Å². The van der Waals surface area contributed by atoms with Crippen LogP contribution >= 0.6 is 11.3 Å². The minimum Gasteiger partial charge on any atom is -0.331 e. The molecule has 0 spiro atoms. The fourth-order valence-corrected chi connectivity index (χ4v) is 3.45. The first kappa shape index (κ1) is 14.1. The van der Waals surface area contributed by atoms with E-state index in [0.29, 0.717) is 0 Å². The summed E-state index contributed by atoms with van der Waals surface area (Å²) in [5.41, 5.74) is 6.27. The van der Waals surface area contributed by atoms with Crippen LogP contribution in [-0.2, 0) is 12.8 Å². The number of fused-ring (bicyclic) bond motifs is 1. The number of para-hydroxylation sites is 1. The van der Waals surface area contributed by atoms with E-state index in [-0.39, 0.29) is 0 Å². The zero-order valence-corrected chi connectivity index (χ0v) is 13.6. The third-order valence-corrected chi connectivity index (χ3v) is 4.73. The number of benzene rings is 2. The van der Waals surface area contributed by atoms with E-state index in [2.05, 4.69) is 62.5 Å². The summed E-state index contributed by atoms with van der Waals surface area (Å²) in [4.78, 5) is 4.73. The van der Waals surface area contributed by atoms with Crippen LogP contribution in [-0.4, -0.2) is 4.98 Å². The Bertz CT molecular complexity index is 752. The Hall–Kier alpha value is -1.87. The molecule has 108 valence electrons. The van der Waals surface area contributed by atoms with E-state index in [1.54, 1.807) is 11.3 Å². The Kier molecular flexibility index (Phi) is 3.93. The molecule has 0 amide bonds. The Balaban J connectivity index is 2.02. The summed E-state index contributed by atoms with van der Waals surface area (Å²) in [5.74, 6) is 0. The lowest BCUT2D eigenvalue weighted by Gasteiger charge is -2.13. The van der Waals surface area contributed by atoms with Gasteiger partial charge in [0.25, 0.3) is 0 Å². The monoisotopic (exact) mass is 296 g/mol. The molecule has 1 N–H and O–H groups in total. The highest BCUT2D eigenvalue weighted by Crippen LogP contribution is 2.32. The van der Waals surface area contributed by atoms with Gasteiger partial charge in [-0.25, -0.2) is 4.98 Å². The normalized spacial score (nSPS) is 11.0. The molecule has 0 fully saturated rings. The van der Waals surface area contributed by atoms with Crippen LogP contribution in [0.25, 0.3) is 10.2 Å². The number of aryl methyl sites for hydroxylation is 3. The highest BCUT2D eigenvalue weighted by Gasteiger charge is 2.09. The second-order valence-corrected chi connectivity index (χ2v) is 6.30. The third-order valence-electron chi connectivity index (χ3n) is 3.77. The molecular weight excluding hydrogens is 276 g/mol. The van der Waals surface area contributed by atoms with Gasteiger partial charge in [0.05, 0.1) is 10.2 Å². The molecular formula is C18H20N2S. The quantitative estimate of drug-likeness (QED) is 0.690. The van der Waals surface area contributed by atoms with Gasteiger partial charge in [-0.3, -0.25) is 0 Å². The fourth-order valence-electron chi connectivity index (χ4n) is 2.60. The predicted molar refractivity (Wildman–Crippen MR) is 92.8 cm³/mol. The number of nitrogens with one attached hydrogen (secondary N) is 1. The van der Waals surface area contributed by atoms with Gasteiger partial charge in [-0.2, -0.15) is 0 Å². The Morgan fingerprint density at radius 2 is 1.76 bits per heavy atom. The van der Waals surface area contributed by atoms with Crippen LogP contribution in [0.2, 0.25) is 0 Å². The topological polar surface area (TPSA) is 24.9 Å². The van der Waals surface area contributed by atoms with Crippen molar-refractivity contribution in [2.75, 3.05) is 5.32 Å². The molecule has 0 radical (unpaired) electrons. The number of nitrogens with zero attached hydrogens (tertiary/aromatic N) is 1. The summed E-state index contributed by atoms with van der Waals surface area (Å²) < 4.78 is 1.23. The highest BCUT2D eigenvalue weighted by molar-refractivity contribution is 7.22. The minimum atomic E-state index is 0.978. The van der Waals surface area contributed by atoms with Crippen LogP contribution in [0.4, 0.5) is 10.8 Å². The fraction of sp³-hybridized carbons (Fsp3) is 0.278. The average Bonchev–Trinajstić information content (AvgIpc) is 2.88. The maximum absolute atomic E-state index is 4.73. The molecule has 3 heteroatoms. The molecule has 3 aromatic rings. The molecule has 0 aliphatic heterocycles. The summed E-state index contributed by atoms with van der Waals surface area (Å²) in [6.45, 7) is 6.50. The predicted octanol–water partition coefficient (Wildman–Crippen LogP) is 5.47. The molecule has 1 aromatic heterocycles. The molecule has 0 bridgehead atoms.